The summed E-state index contributed by atoms with van der Waals surface area (Å²) in [6.07, 6.45) is 1.67. The maximum absolute atomic E-state index is 13.3. The van der Waals surface area contributed by atoms with E-state index in [1.807, 2.05) is 47.9 Å². The largest absolute Gasteiger partial charge is 0.354 e. The first-order chi connectivity index (χ1) is 14.0. The number of fused-ring (bicyclic) bond motifs is 1. The molecule has 4 rings (SSSR count). The predicted molar refractivity (Wildman–Crippen MR) is 129 cm³/mol. The second-order valence-corrected chi connectivity index (χ2v) is 8.91. The Morgan fingerprint density at radius 3 is 2.67 bits per heavy atom. The number of halogens is 1. The second kappa shape index (κ2) is 9.67. The van der Waals surface area contributed by atoms with E-state index in [0.717, 1.165) is 47.1 Å². The third-order valence-electron chi connectivity index (χ3n) is 5.22. The summed E-state index contributed by atoms with van der Waals surface area (Å²) in [5, 5.41) is 4.38. The second-order valence-electron chi connectivity index (χ2n) is 7.68. The first-order valence-electron chi connectivity index (χ1n) is 10.0. The zero-order valence-corrected chi connectivity index (χ0v) is 19.1. The lowest BCUT2D eigenvalue weighted by Crippen LogP contribution is -2.38. The fraction of sp³-hybridized carbons (Fsp3) is 0.348. The number of hydrogen-bond donors (Lipinski definition) is 1. The van der Waals surface area contributed by atoms with Crippen LogP contribution in [0.25, 0.3) is 11.0 Å². The smallest absolute Gasteiger partial charge is 0.257 e. The van der Waals surface area contributed by atoms with Crippen molar-refractivity contribution in [3.8, 4) is 0 Å². The Kier molecular flexibility index (Phi) is 7.21. The van der Waals surface area contributed by atoms with Crippen LogP contribution < -0.4 is 5.32 Å². The van der Waals surface area contributed by atoms with Gasteiger partial charge in [-0.15, -0.1) is 12.4 Å². The molecule has 0 bridgehead atoms. The molecule has 2 aromatic heterocycles. The van der Waals surface area contributed by atoms with Crippen molar-refractivity contribution >= 4 is 52.5 Å². The standard InChI is InChI=1S/C23H26N4OS.ClH/c1-15(2)17-5-4-6-18(13-17)26-21-19-8-7-16(3)25-22(19)24-14-20(21)23(28)27-9-11-29-12-10-27;/h4-8,13-15H,9-12H2,1-3H3,(H,24,25,26);1H. The van der Waals surface area contributed by atoms with Crippen LogP contribution in [0.5, 0.6) is 0 Å². The number of pyridine rings is 2. The van der Waals surface area contributed by atoms with Crippen LogP contribution >= 0.6 is 24.2 Å². The number of benzene rings is 1. The van der Waals surface area contributed by atoms with Crippen molar-refractivity contribution in [3.05, 3.63) is 59.4 Å². The van der Waals surface area contributed by atoms with Crippen molar-refractivity contribution in [1.82, 2.24) is 14.9 Å². The highest BCUT2D eigenvalue weighted by atomic mass is 35.5. The van der Waals surface area contributed by atoms with Gasteiger partial charge in [0.05, 0.1) is 11.3 Å². The van der Waals surface area contributed by atoms with Gasteiger partial charge in [-0.05, 0) is 42.7 Å². The van der Waals surface area contributed by atoms with Crippen molar-refractivity contribution in [1.29, 1.82) is 0 Å². The Bertz CT molecular complexity index is 1050. The summed E-state index contributed by atoms with van der Waals surface area (Å²) in [4.78, 5) is 24.3. The molecule has 5 nitrogen and oxygen atoms in total. The van der Waals surface area contributed by atoms with Crippen molar-refractivity contribution in [2.75, 3.05) is 29.9 Å². The Morgan fingerprint density at radius 2 is 1.93 bits per heavy atom. The van der Waals surface area contributed by atoms with Gasteiger partial charge in [0.15, 0.2) is 5.65 Å². The van der Waals surface area contributed by atoms with Crippen molar-refractivity contribution in [2.24, 2.45) is 0 Å². The van der Waals surface area contributed by atoms with E-state index in [9.17, 15) is 4.79 Å². The number of anilines is 2. The number of amides is 1. The van der Waals surface area contributed by atoms with Crippen LogP contribution in [0.3, 0.4) is 0 Å². The fourth-order valence-electron chi connectivity index (χ4n) is 3.53. The molecule has 1 fully saturated rings. The van der Waals surface area contributed by atoms with Gasteiger partial charge in [0, 0.05) is 47.6 Å². The molecular weight excluding hydrogens is 416 g/mol. The van der Waals surface area contributed by atoms with E-state index in [1.165, 1.54) is 5.56 Å². The molecule has 1 amide bonds. The molecule has 0 saturated carbocycles. The number of carbonyl (C=O) groups is 1. The van der Waals surface area contributed by atoms with Crippen molar-refractivity contribution in [3.63, 3.8) is 0 Å². The maximum atomic E-state index is 13.3. The lowest BCUT2D eigenvalue weighted by atomic mass is 10.0. The molecule has 1 aromatic carbocycles. The van der Waals surface area contributed by atoms with Gasteiger partial charge >= 0.3 is 0 Å². The maximum Gasteiger partial charge on any atom is 0.257 e. The third-order valence-corrected chi connectivity index (χ3v) is 6.16. The third kappa shape index (κ3) is 4.71. The molecule has 1 aliphatic heterocycles. The Hall–Kier alpha value is -2.31. The Balaban J connectivity index is 0.00000256. The summed E-state index contributed by atoms with van der Waals surface area (Å²) in [7, 11) is 0. The Labute approximate surface area is 188 Å². The molecule has 1 aliphatic rings. The van der Waals surface area contributed by atoms with E-state index < -0.39 is 0 Å². The Morgan fingerprint density at radius 1 is 1.17 bits per heavy atom. The van der Waals surface area contributed by atoms with Crippen LogP contribution in [0, 0.1) is 6.92 Å². The quantitative estimate of drug-likeness (QED) is 0.584. The van der Waals surface area contributed by atoms with Gasteiger partial charge < -0.3 is 10.2 Å². The number of rotatable bonds is 4. The normalized spacial score (nSPS) is 13.9. The van der Waals surface area contributed by atoms with Crippen LogP contribution in [-0.2, 0) is 0 Å². The average molecular weight is 443 g/mol. The number of aryl methyl sites for hydroxylation is 1. The van der Waals surface area contributed by atoms with Crippen LogP contribution in [0.2, 0.25) is 0 Å². The number of nitrogens with one attached hydrogen (secondary N) is 1. The van der Waals surface area contributed by atoms with Crippen LogP contribution in [0.1, 0.15) is 41.4 Å². The van der Waals surface area contributed by atoms with Gasteiger partial charge in [-0.1, -0.05) is 26.0 Å². The molecule has 3 heterocycles. The summed E-state index contributed by atoms with van der Waals surface area (Å²) < 4.78 is 0. The van der Waals surface area contributed by atoms with Crippen LogP contribution in [-0.4, -0.2) is 45.4 Å². The molecule has 7 heteroatoms. The molecule has 30 heavy (non-hydrogen) atoms. The highest BCUT2D eigenvalue weighted by Crippen LogP contribution is 2.31. The minimum Gasteiger partial charge on any atom is -0.354 e. The van der Waals surface area contributed by atoms with Crippen molar-refractivity contribution in [2.45, 2.75) is 26.7 Å². The fourth-order valence-corrected chi connectivity index (χ4v) is 4.43. The SMILES string of the molecule is Cc1ccc2c(Nc3cccc(C(C)C)c3)c(C(=O)N3CCSCC3)cnc2n1.Cl. The first kappa shape index (κ1) is 22.4. The molecule has 0 radical (unpaired) electrons. The van der Waals surface area contributed by atoms with E-state index in [-0.39, 0.29) is 18.3 Å². The molecule has 158 valence electrons. The predicted octanol–water partition coefficient (Wildman–Crippen LogP) is 5.42. The summed E-state index contributed by atoms with van der Waals surface area (Å²) in [6.45, 7) is 7.85. The molecular formula is C23H27ClN4OS. The van der Waals surface area contributed by atoms with E-state index in [0.29, 0.717) is 17.1 Å². The van der Waals surface area contributed by atoms with E-state index in [4.69, 9.17) is 0 Å². The lowest BCUT2D eigenvalue weighted by Gasteiger charge is -2.27. The van der Waals surface area contributed by atoms with Gasteiger partial charge in [0.25, 0.3) is 5.91 Å². The molecule has 0 atom stereocenters. The number of thioether (sulfide) groups is 1. The number of carbonyl (C=O) groups excluding carboxylic acids is 1. The molecule has 0 unspecified atom stereocenters. The molecule has 0 spiro atoms. The summed E-state index contributed by atoms with van der Waals surface area (Å²) in [5.74, 6) is 2.42. The van der Waals surface area contributed by atoms with E-state index >= 15 is 0 Å². The highest BCUT2D eigenvalue weighted by molar-refractivity contribution is 7.99. The van der Waals surface area contributed by atoms with Crippen LogP contribution in [0.15, 0.2) is 42.6 Å². The average Bonchev–Trinajstić information content (AvgIpc) is 2.74. The topological polar surface area (TPSA) is 58.1 Å². The van der Waals surface area contributed by atoms with Crippen LogP contribution in [0.4, 0.5) is 11.4 Å². The first-order valence-corrected chi connectivity index (χ1v) is 11.2. The summed E-state index contributed by atoms with van der Waals surface area (Å²) in [5.41, 5.74) is 5.16. The molecule has 1 N–H and O–H groups in total. The van der Waals surface area contributed by atoms with E-state index in [2.05, 4.69) is 41.3 Å². The summed E-state index contributed by atoms with van der Waals surface area (Å²) >= 11 is 1.89. The van der Waals surface area contributed by atoms with Gasteiger partial charge in [-0.3, -0.25) is 4.79 Å². The van der Waals surface area contributed by atoms with Gasteiger partial charge in [0.1, 0.15) is 0 Å². The summed E-state index contributed by atoms with van der Waals surface area (Å²) in [6, 6.07) is 12.3. The zero-order chi connectivity index (χ0) is 20.4. The van der Waals surface area contributed by atoms with Gasteiger partial charge in [0.2, 0.25) is 0 Å². The van der Waals surface area contributed by atoms with E-state index in [1.54, 1.807) is 6.20 Å². The van der Waals surface area contributed by atoms with Gasteiger partial charge in [-0.2, -0.15) is 11.8 Å². The monoisotopic (exact) mass is 442 g/mol. The molecule has 3 aromatic rings. The van der Waals surface area contributed by atoms with Crippen molar-refractivity contribution < 1.29 is 4.79 Å². The minimum absolute atomic E-state index is 0. The lowest BCUT2D eigenvalue weighted by molar-refractivity contribution is 0.0773. The number of nitrogens with zero attached hydrogens (tertiary/aromatic N) is 3. The van der Waals surface area contributed by atoms with Gasteiger partial charge in [-0.25, -0.2) is 9.97 Å². The highest BCUT2D eigenvalue weighted by Gasteiger charge is 2.23. The zero-order valence-electron chi connectivity index (χ0n) is 17.5. The number of hydrogen-bond acceptors (Lipinski definition) is 5. The number of aromatic nitrogens is 2. The minimum atomic E-state index is 0. The molecule has 0 aliphatic carbocycles. The molecule has 1 saturated heterocycles.